The first-order valence-corrected chi connectivity index (χ1v) is 6.45. The van der Waals surface area contributed by atoms with Crippen LogP contribution in [-0.4, -0.2) is 13.0 Å². The van der Waals surface area contributed by atoms with Crippen LogP contribution >= 0.6 is 11.6 Å². The molecule has 0 saturated heterocycles. The van der Waals surface area contributed by atoms with Crippen molar-refractivity contribution in [2.45, 2.75) is 6.92 Å². The SMILES string of the molecule is CNc1c(F)cccc1C(=O)Nc1cccc(Cl)c1C. The first-order chi connectivity index (χ1) is 9.54. The second kappa shape index (κ2) is 5.92. The lowest BCUT2D eigenvalue weighted by Gasteiger charge is -2.12. The van der Waals surface area contributed by atoms with E-state index in [0.29, 0.717) is 10.7 Å². The number of nitrogens with one attached hydrogen (secondary N) is 2. The summed E-state index contributed by atoms with van der Waals surface area (Å²) in [4.78, 5) is 12.2. The van der Waals surface area contributed by atoms with Gasteiger partial charge in [-0.25, -0.2) is 4.39 Å². The Morgan fingerprint density at radius 3 is 2.60 bits per heavy atom. The Labute approximate surface area is 121 Å². The van der Waals surface area contributed by atoms with Gasteiger partial charge in [-0.1, -0.05) is 23.7 Å². The first-order valence-electron chi connectivity index (χ1n) is 6.07. The molecule has 0 bridgehead atoms. The molecule has 0 unspecified atom stereocenters. The van der Waals surface area contributed by atoms with Crippen LogP contribution in [0.15, 0.2) is 36.4 Å². The summed E-state index contributed by atoms with van der Waals surface area (Å²) in [6.45, 7) is 1.81. The zero-order valence-corrected chi connectivity index (χ0v) is 11.9. The predicted molar refractivity (Wildman–Crippen MR) is 80.1 cm³/mol. The van der Waals surface area contributed by atoms with Crippen LogP contribution in [0.4, 0.5) is 15.8 Å². The van der Waals surface area contributed by atoms with Crippen molar-refractivity contribution in [1.29, 1.82) is 0 Å². The predicted octanol–water partition coefficient (Wildman–Crippen LogP) is 4.08. The number of hydrogen-bond donors (Lipinski definition) is 2. The maximum Gasteiger partial charge on any atom is 0.257 e. The maximum absolute atomic E-state index is 13.6. The number of halogens is 2. The Balaban J connectivity index is 2.34. The lowest BCUT2D eigenvalue weighted by Crippen LogP contribution is -2.15. The quantitative estimate of drug-likeness (QED) is 0.895. The van der Waals surface area contributed by atoms with Gasteiger partial charge < -0.3 is 10.6 Å². The molecule has 20 heavy (non-hydrogen) atoms. The summed E-state index contributed by atoms with van der Waals surface area (Å²) < 4.78 is 13.6. The average Bonchev–Trinajstić information content (AvgIpc) is 2.43. The molecule has 0 radical (unpaired) electrons. The van der Waals surface area contributed by atoms with E-state index >= 15 is 0 Å². The monoisotopic (exact) mass is 292 g/mol. The Kier molecular flexibility index (Phi) is 4.25. The lowest BCUT2D eigenvalue weighted by molar-refractivity contribution is 0.102. The molecule has 0 aliphatic rings. The van der Waals surface area contributed by atoms with Crippen LogP contribution in [0.5, 0.6) is 0 Å². The molecule has 0 aliphatic carbocycles. The van der Waals surface area contributed by atoms with Crippen molar-refractivity contribution in [3.8, 4) is 0 Å². The Bertz CT molecular complexity index is 658. The summed E-state index contributed by atoms with van der Waals surface area (Å²) in [5.41, 5.74) is 1.79. The molecule has 2 rings (SSSR count). The van der Waals surface area contributed by atoms with Crippen molar-refractivity contribution in [2.75, 3.05) is 17.7 Å². The minimum atomic E-state index is -0.469. The largest absolute Gasteiger partial charge is 0.385 e. The third kappa shape index (κ3) is 2.75. The third-order valence-electron chi connectivity index (χ3n) is 3.02. The Morgan fingerprint density at radius 1 is 1.20 bits per heavy atom. The van der Waals surface area contributed by atoms with Crippen LogP contribution in [0.3, 0.4) is 0 Å². The van der Waals surface area contributed by atoms with Gasteiger partial charge in [0.15, 0.2) is 0 Å². The van der Waals surface area contributed by atoms with Crippen LogP contribution in [0.1, 0.15) is 15.9 Å². The van der Waals surface area contributed by atoms with Gasteiger partial charge in [-0.2, -0.15) is 0 Å². The number of hydrogen-bond acceptors (Lipinski definition) is 2. The second-order valence-electron chi connectivity index (χ2n) is 4.28. The second-order valence-corrected chi connectivity index (χ2v) is 4.69. The van der Waals surface area contributed by atoms with Crippen LogP contribution in [-0.2, 0) is 0 Å². The average molecular weight is 293 g/mol. The van der Waals surface area contributed by atoms with E-state index in [1.165, 1.54) is 12.1 Å². The molecule has 104 valence electrons. The van der Waals surface area contributed by atoms with Crippen LogP contribution in [0.2, 0.25) is 5.02 Å². The van der Waals surface area contributed by atoms with E-state index in [2.05, 4.69) is 10.6 Å². The molecule has 5 heteroatoms. The number of amides is 1. The number of rotatable bonds is 3. The standard InChI is InChI=1S/C15H14ClFN2O/c1-9-11(16)6-4-8-13(9)19-15(20)10-5-3-7-12(17)14(10)18-2/h3-8,18H,1-2H3,(H,19,20). The van der Waals surface area contributed by atoms with E-state index in [0.717, 1.165) is 5.56 Å². The highest BCUT2D eigenvalue weighted by Gasteiger charge is 2.15. The molecule has 1 amide bonds. The summed E-state index contributed by atoms with van der Waals surface area (Å²) in [5.74, 6) is -0.859. The van der Waals surface area contributed by atoms with E-state index in [1.54, 1.807) is 31.3 Å². The smallest absolute Gasteiger partial charge is 0.257 e. The molecule has 0 heterocycles. The summed E-state index contributed by atoms with van der Waals surface area (Å²) >= 11 is 6.00. The van der Waals surface area contributed by atoms with E-state index in [1.807, 2.05) is 6.92 Å². The van der Waals surface area contributed by atoms with Crippen LogP contribution in [0.25, 0.3) is 0 Å². The zero-order chi connectivity index (χ0) is 14.7. The van der Waals surface area contributed by atoms with Gasteiger partial charge in [0.1, 0.15) is 5.82 Å². The highest BCUT2D eigenvalue weighted by Crippen LogP contribution is 2.25. The van der Waals surface area contributed by atoms with E-state index in [-0.39, 0.29) is 17.2 Å². The maximum atomic E-state index is 13.6. The van der Waals surface area contributed by atoms with Crippen molar-refractivity contribution in [3.63, 3.8) is 0 Å². The van der Waals surface area contributed by atoms with Gasteiger partial charge >= 0.3 is 0 Å². The summed E-state index contributed by atoms with van der Waals surface area (Å²) in [7, 11) is 1.57. The minimum absolute atomic E-state index is 0.171. The van der Waals surface area contributed by atoms with Gasteiger partial charge in [-0.15, -0.1) is 0 Å². The molecule has 0 atom stereocenters. The molecular weight excluding hydrogens is 279 g/mol. The Morgan fingerprint density at radius 2 is 1.90 bits per heavy atom. The summed E-state index contributed by atoms with van der Waals surface area (Å²) in [6, 6.07) is 9.59. The Hall–Kier alpha value is -2.07. The van der Waals surface area contributed by atoms with Gasteiger partial charge in [0, 0.05) is 17.8 Å². The molecule has 0 spiro atoms. The van der Waals surface area contributed by atoms with E-state index < -0.39 is 5.82 Å². The van der Waals surface area contributed by atoms with Crippen LogP contribution in [0, 0.1) is 12.7 Å². The van der Waals surface area contributed by atoms with Gasteiger partial charge in [-0.05, 0) is 36.8 Å². The number of carbonyl (C=O) groups is 1. The fourth-order valence-corrected chi connectivity index (χ4v) is 2.07. The molecule has 0 saturated carbocycles. The molecule has 0 aromatic heterocycles. The molecule has 2 aromatic rings. The van der Waals surface area contributed by atoms with Crippen LogP contribution < -0.4 is 10.6 Å². The highest BCUT2D eigenvalue weighted by molar-refractivity contribution is 6.31. The van der Waals surface area contributed by atoms with Gasteiger partial charge in [0.05, 0.1) is 11.3 Å². The zero-order valence-electron chi connectivity index (χ0n) is 11.1. The minimum Gasteiger partial charge on any atom is -0.385 e. The van der Waals surface area contributed by atoms with Crippen molar-refractivity contribution < 1.29 is 9.18 Å². The number of benzene rings is 2. The molecule has 0 aliphatic heterocycles. The van der Waals surface area contributed by atoms with Crippen molar-refractivity contribution in [3.05, 3.63) is 58.4 Å². The molecular formula is C15H14ClFN2O. The summed E-state index contributed by atoms with van der Waals surface area (Å²) in [6.07, 6.45) is 0. The normalized spacial score (nSPS) is 10.2. The molecule has 3 nitrogen and oxygen atoms in total. The van der Waals surface area contributed by atoms with Crippen molar-refractivity contribution in [2.24, 2.45) is 0 Å². The van der Waals surface area contributed by atoms with Gasteiger partial charge in [-0.3, -0.25) is 4.79 Å². The fraction of sp³-hybridized carbons (Fsp3) is 0.133. The number of carbonyl (C=O) groups excluding carboxylic acids is 1. The fourth-order valence-electron chi connectivity index (χ4n) is 1.90. The molecule has 2 aromatic carbocycles. The first kappa shape index (κ1) is 14.3. The molecule has 2 N–H and O–H groups in total. The van der Waals surface area contributed by atoms with Crippen molar-refractivity contribution in [1.82, 2.24) is 0 Å². The molecule has 0 fully saturated rings. The number of para-hydroxylation sites is 1. The third-order valence-corrected chi connectivity index (χ3v) is 3.43. The summed E-state index contributed by atoms with van der Waals surface area (Å²) in [5, 5.41) is 6.00. The number of anilines is 2. The van der Waals surface area contributed by atoms with Gasteiger partial charge in [0.2, 0.25) is 0 Å². The highest BCUT2D eigenvalue weighted by atomic mass is 35.5. The van der Waals surface area contributed by atoms with Gasteiger partial charge in [0.25, 0.3) is 5.91 Å². The van der Waals surface area contributed by atoms with Crippen molar-refractivity contribution >= 4 is 28.9 Å². The topological polar surface area (TPSA) is 41.1 Å². The lowest BCUT2D eigenvalue weighted by atomic mass is 10.1. The van der Waals surface area contributed by atoms with E-state index in [9.17, 15) is 9.18 Å². The van der Waals surface area contributed by atoms with E-state index in [4.69, 9.17) is 11.6 Å².